The van der Waals surface area contributed by atoms with Gasteiger partial charge in [0.15, 0.2) is 5.69 Å². The maximum absolute atomic E-state index is 12.4. The lowest BCUT2D eigenvalue weighted by Gasteiger charge is -2.23. The molecule has 0 radical (unpaired) electrons. The van der Waals surface area contributed by atoms with Gasteiger partial charge >= 0.3 is 0 Å². The highest BCUT2D eigenvalue weighted by atomic mass is 35.5. The first-order valence-corrected chi connectivity index (χ1v) is 8.68. The lowest BCUT2D eigenvalue weighted by molar-refractivity contribution is 0.0948. The van der Waals surface area contributed by atoms with Gasteiger partial charge in [-0.15, -0.1) is 5.10 Å². The summed E-state index contributed by atoms with van der Waals surface area (Å²) in [4.78, 5) is 12.4. The largest absolute Gasteiger partial charge is 0.350 e. The van der Waals surface area contributed by atoms with E-state index in [9.17, 15) is 4.79 Å². The number of rotatable bonds is 5. The summed E-state index contributed by atoms with van der Waals surface area (Å²) in [7, 11) is 0. The van der Waals surface area contributed by atoms with E-state index in [1.54, 1.807) is 0 Å². The third-order valence-corrected chi connectivity index (χ3v) is 4.62. The monoisotopic (exact) mass is 347 g/mol. The van der Waals surface area contributed by atoms with E-state index in [-0.39, 0.29) is 5.91 Å². The van der Waals surface area contributed by atoms with E-state index in [0.29, 0.717) is 23.3 Å². The average Bonchev–Trinajstić information content (AvgIpc) is 2.97. The fraction of sp³-hybridized carbons (Fsp3) is 0.471. The van der Waals surface area contributed by atoms with Crippen molar-refractivity contribution in [3.05, 3.63) is 46.2 Å². The molecule has 1 amide bonds. The highest BCUT2D eigenvalue weighted by Crippen LogP contribution is 2.20. The van der Waals surface area contributed by atoms with E-state index in [1.807, 2.05) is 35.9 Å². The Bertz CT molecular complexity index is 709. The molecular weight excluding hydrogens is 326 g/mol. The van der Waals surface area contributed by atoms with Crippen molar-refractivity contribution < 1.29 is 4.79 Å². The molecule has 0 atom stereocenters. The number of nitrogens with zero attached hydrogens (tertiary/aromatic N) is 3. The number of piperidine rings is 1. The Labute approximate surface area is 146 Å². The molecule has 0 saturated carbocycles. The van der Waals surface area contributed by atoms with E-state index in [2.05, 4.69) is 20.9 Å². The number of hydrogen-bond donors (Lipinski definition) is 2. The Morgan fingerprint density at radius 1 is 1.42 bits per heavy atom. The van der Waals surface area contributed by atoms with Crippen molar-refractivity contribution in [3.63, 3.8) is 0 Å². The summed E-state index contributed by atoms with van der Waals surface area (Å²) >= 11 is 5.97. The van der Waals surface area contributed by atoms with E-state index >= 15 is 0 Å². The highest BCUT2D eigenvalue weighted by molar-refractivity contribution is 6.30. The van der Waals surface area contributed by atoms with Crippen molar-refractivity contribution in [1.29, 1.82) is 0 Å². The first kappa shape index (κ1) is 16.9. The first-order valence-electron chi connectivity index (χ1n) is 8.30. The summed E-state index contributed by atoms with van der Waals surface area (Å²) in [5.74, 6) is -0.172. The molecule has 6 nitrogen and oxygen atoms in total. The van der Waals surface area contributed by atoms with Crippen LogP contribution in [0.25, 0.3) is 0 Å². The van der Waals surface area contributed by atoms with Crippen LogP contribution < -0.4 is 10.6 Å². The lowest BCUT2D eigenvalue weighted by Crippen LogP contribution is -2.30. The first-order chi connectivity index (χ1) is 11.6. The van der Waals surface area contributed by atoms with Crippen LogP contribution in [0.1, 0.15) is 40.6 Å². The Morgan fingerprint density at radius 2 is 2.21 bits per heavy atom. The molecule has 2 N–H and O–H groups in total. The van der Waals surface area contributed by atoms with Gasteiger partial charge < -0.3 is 10.6 Å². The molecule has 128 valence electrons. The zero-order chi connectivity index (χ0) is 16.9. The molecule has 0 bridgehead atoms. The predicted molar refractivity (Wildman–Crippen MR) is 93.4 cm³/mol. The Kier molecular flexibility index (Phi) is 5.48. The van der Waals surface area contributed by atoms with Crippen LogP contribution in [0.2, 0.25) is 5.02 Å². The van der Waals surface area contributed by atoms with Gasteiger partial charge in [-0.3, -0.25) is 4.79 Å². The molecule has 1 saturated heterocycles. The second-order valence-electron chi connectivity index (χ2n) is 6.09. The second-order valence-corrected chi connectivity index (χ2v) is 6.52. The number of amides is 1. The molecule has 1 aliphatic heterocycles. The van der Waals surface area contributed by atoms with Crippen LogP contribution >= 0.6 is 11.6 Å². The van der Waals surface area contributed by atoms with Gasteiger partial charge in [-0.1, -0.05) is 28.9 Å². The standard InChI is InChI=1S/C17H22ClN5O/c1-12-16(21-22-23(12)15-6-8-19-9-7-15)17(24)20-10-5-13-3-2-4-14(18)11-13/h2-4,11,15,19H,5-10H2,1H3,(H,20,24). The Morgan fingerprint density at radius 3 is 2.96 bits per heavy atom. The summed E-state index contributed by atoms with van der Waals surface area (Å²) < 4.78 is 1.90. The predicted octanol–water partition coefficient (Wildman–Crippen LogP) is 2.14. The summed E-state index contributed by atoms with van der Waals surface area (Å²) in [5, 5.41) is 15.2. The molecule has 1 fully saturated rings. The molecule has 2 aromatic rings. The minimum atomic E-state index is -0.172. The quantitative estimate of drug-likeness (QED) is 0.869. The number of halogens is 1. The average molecular weight is 348 g/mol. The van der Waals surface area contributed by atoms with Crippen LogP contribution in [-0.2, 0) is 6.42 Å². The number of hydrogen-bond acceptors (Lipinski definition) is 4. The van der Waals surface area contributed by atoms with Crippen molar-refractivity contribution in [2.24, 2.45) is 0 Å². The lowest BCUT2D eigenvalue weighted by atomic mass is 10.1. The number of carbonyl (C=O) groups is 1. The molecule has 0 spiro atoms. The van der Waals surface area contributed by atoms with Crippen molar-refractivity contribution in [2.45, 2.75) is 32.2 Å². The molecule has 1 aromatic heterocycles. The Hall–Kier alpha value is -1.92. The van der Waals surface area contributed by atoms with Crippen molar-refractivity contribution in [2.75, 3.05) is 19.6 Å². The van der Waals surface area contributed by atoms with Crippen molar-refractivity contribution in [3.8, 4) is 0 Å². The minimum absolute atomic E-state index is 0.172. The van der Waals surface area contributed by atoms with Crippen LogP contribution in [0.4, 0.5) is 0 Å². The van der Waals surface area contributed by atoms with Crippen molar-refractivity contribution >= 4 is 17.5 Å². The summed E-state index contributed by atoms with van der Waals surface area (Å²) in [6, 6.07) is 7.98. The molecule has 1 aliphatic rings. The zero-order valence-corrected chi connectivity index (χ0v) is 14.5. The van der Waals surface area contributed by atoms with Gasteiger partial charge in [0.05, 0.1) is 11.7 Å². The maximum atomic E-state index is 12.4. The smallest absolute Gasteiger partial charge is 0.273 e. The molecule has 0 unspecified atom stereocenters. The fourth-order valence-corrected chi connectivity index (χ4v) is 3.26. The number of nitrogens with one attached hydrogen (secondary N) is 2. The maximum Gasteiger partial charge on any atom is 0.273 e. The van der Waals surface area contributed by atoms with E-state index in [0.717, 1.165) is 43.6 Å². The molecule has 24 heavy (non-hydrogen) atoms. The fourth-order valence-electron chi connectivity index (χ4n) is 3.05. The van der Waals surface area contributed by atoms with Crippen molar-refractivity contribution in [1.82, 2.24) is 25.6 Å². The molecule has 3 rings (SSSR count). The molecule has 2 heterocycles. The number of benzene rings is 1. The topological polar surface area (TPSA) is 71.8 Å². The van der Waals surface area contributed by atoms with E-state index in [1.165, 1.54) is 0 Å². The summed E-state index contributed by atoms with van der Waals surface area (Å²) in [6.45, 7) is 4.41. The number of aromatic nitrogens is 3. The van der Waals surface area contributed by atoms with Crippen LogP contribution in [0.3, 0.4) is 0 Å². The second kappa shape index (κ2) is 7.77. The molecule has 1 aromatic carbocycles. The van der Waals surface area contributed by atoms with Crippen LogP contribution in [0, 0.1) is 6.92 Å². The Balaban J connectivity index is 1.58. The van der Waals surface area contributed by atoms with Crippen LogP contribution in [0.15, 0.2) is 24.3 Å². The van der Waals surface area contributed by atoms with Gasteiger partial charge in [0.25, 0.3) is 5.91 Å². The minimum Gasteiger partial charge on any atom is -0.350 e. The van der Waals surface area contributed by atoms with Gasteiger partial charge in [0.1, 0.15) is 0 Å². The van der Waals surface area contributed by atoms with Gasteiger partial charge in [-0.25, -0.2) is 4.68 Å². The summed E-state index contributed by atoms with van der Waals surface area (Å²) in [6.07, 6.45) is 2.76. The van der Waals surface area contributed by atoms with Crippen LogP contribution in [-0.4, -0.2) is 40.5 Å². The normalized spacial score (nSPS) is 15.4. The molecule has 0 aliphatic carbocycles. The van der Waals surface area contributed by atoms with Gasteiger partial charge in [-0.2, -0.15) is 0 Å². The van der Waals surface area contributed by atoms with Gasteiger partial charge in [0.2, 0.25) is 0 Å². The third kappa shape index (κ3) is 3.94. The summed E-state index contributed by atoms with van der Waals surface area (Å²) in [5.41, 5.74) is 2.35. The third-order valence-electron chi connectivity index (χ3n) is 4.39. The van der Waals surface area contributed by atoms with E-state index in [4.69, 9.17) is 11.6 Å². The zero-order valence-electron chi connectivity index (χ0n) is 13.8. The number of carbonyl (C=O) groups excluding carboxylic acids is 1. The van der Waals surface area contributed by atoms with Gasteiger partial charge in [-0.05, 0) is 57.0 Å². The van der Waals surface area contributed by atoms with Gasteiger partial charge in [0, 0.05) is 11.6 Å². The molecular formula is C17H22ClN5O. The SMILES string of the molecule is Cc1c(C(=O)NCCc2cccc(Cl)c2)nnn1C1CCNCC1. The van der Waals surface area contributed by atoms with E-state index < -0.39 is 0 Å². The highest BCUT2D eigenvalue weighted by Gasteiger charge is 2.22. The van der Waals surface area contributed by atoms with Crippen LogP contribution in [0.5, 0.6) is 0 Å². The molecule has 7 heteroatoms.